The van der Waals surface area contributed by atoms with Crippen LogP contribution in [-0.2, 0) is 4.74 Å². The van der Waals surface area contributed by atoms with Gasteiger partial charge in [-0.2, -0.15) is 5.10 Å². The monoisotopic (exact) mass is 450 g/mol. The molecule has 0 saturated heterocycles. The molecule has 0 aliphatic carbocycles. The predicted molar refractivity (Wildman–Crippen MR) is 118 cm³/mol. The molecule has 2 unspecified atom stereocenters. The zero-order valence-corrected chi connectivity index (χ0v) is 18.4. The van der Waals surface area contributed by atoms with Crippen molar-refractivity contribution < 1.29 is 23.0 Å². The summed E-state index contributed by atoms with van der Waals surface area (Å²) >= 11 is 1.18. The summed E-state index contributed by atoms with van der Waals surface area (Å²) in [4.78, 5) is 25.6. The Balaban J connectivity index is 2.27. The van der Waals surface area contributed by atoms with E-state index in [4.69, 9.17) is 9.47 Å². The third-order valence-corrected chi connectivity index (χ3v) is 4.88. The van der Waals surface area contributed by atoms with Gasteiger partial charge in [0.15, 0.2) is 0 Å². The summed E-state index contributed by atoms with van der Waals surface area (Å²) in [5.74, 6) is -1.17. The fraction of sp³-hybridized carbons (Fsp3) is 0.211. The van der Waals surface area contributed by atoms with Gasteiger partial charge in [-0.05, 0) is 43.5 Å². The van der Waals surface area contributed by atoms with Gasteiger partial charge in [-0.1, -0.05) is 9.24 Å². The molecule has 2 aromatic carbocycles. The smallest absolute Gasteiger partial charge is 0.362 e. The minimum atomic E-state index is -1.95. The van der Waals surface area contributed by atoms with Crippen molar-refractivity contribution in [3.8, 4) is 11.4 Å². The van der Waals surface area contributed by atoms with Gasteiger partial charge in [-0.3, -0.25) is 4.79 Å². The van der Waals surface area contributed by atoms with Gasteiger partial charge in [0.2, 0.25) is 24.5 Å². The van der Waals surface area contributed by atoms with Crippen LogP contribution in [0.15, 0.2) is 46.1 Å². The van der Waals surface area contributed by atoms with E-state index in [1.54, 1.807) is 25.3 Å². The van der Waals surface area contributed by atoms with Crippen molar-refractivity contribution in [2.45, 2.75) is 17.3 Å². The van der Waals surface area contributed by atoms with Gasteiger partial charge in [0.25, 0.3) is 0 Å². The number of ether oxygens (including phenoxy) is 2. The van der Waals surface area contributed by atoms with E-state index >= 15 is 0 Å². The quantitative estimate of drug-likeness (QED) is 0.249. The maximum Gasteiger partial charge on any atom is 0.362 e. The maximum atomic E-state index is 14.2. The Morgan fingerprint density at radius 3 is 2.57 bits per heavy atom. The second kappa shape index (κ2) is 8.74. The van der Waals surface area contributed by atoms with E-state index in [1.165, 1.54) is 48.6 Å². The van der Waals surface area contributed by atoms with Gasteiger partial charge in [0.05, 0.1) is 23.2 Å². The highest BCUT2D eigenvalue weighted by molar-refractivity contribution is 7.98. The summed E-state index contributed by atoms with van der Waals surface area (Å²) in [6.07, 6.45) is 1.70. The van der Waals surface area contributed by atoms with Crippen molar-refractivity contribution in [3.63, 3.8) is 0 Å². The number of hydrogen-bond acceptors (Lipinski definition) is 6. The van der Waals surface area contributed by atoms with E-state index in [0.29, 0.717) is 10.6 Å². The zero-order chi connectivity index (χ0) is 22.1. The summed E-state index contributed by atoms with van der Waals surface area (Å²) in [6, 6.07) is 8.52. The summed E-state index contributed by atoms with van der Waals surface area (Å²) < 4.78 is 39.3. The van der Waals surface area contributed by atoms with Gasteiger partial charge in [-0.15, -0.1) is 11.8 Å². The lowest BCUT2D eigenvalue weighted by Crippen LogP contribution is -2.25. The first-order valence-corrected chi connectivity index (χ1v) is 10.7. The molecule has 1 aromatic heterocycles. The van der Waals surface area contributed by atoms with E-state index < -0.39 is 28.4 Å². The molecule has 0 aliphatic heterocycles. The average Bonchev–Trinajstić information content (AvgIpc) is 2.67. The maximum absolute atomic E-state index is 14.2. The first-order valence-electron chi connectivity index (χ1n) is 8.89. The highest BCUT2D eigenvalue weighted by atomic mass is 32.2. The van der Waals surface area contributed by atoms with Crippen molar-refractivity contribution in [3.05, 3.63) is 58.1 Å². The summed E-state index contributed by atoms with van der Waals surface area (Å²) in [6.45, 7) is 1.68. The summed E-state index contributed by atoms with van der Waals surface area (Å²) in [7, 11) is 3.17. The molecule has 0 radical (unpaired) electrons. The number of carbonyl (C=O) groups excluding carboxylic acids is 1. The molecule has 0 spiro atoms. The largest absolute Gasteiger partial charge is 0.464 e. The molecule has 11 heteroatoms. The number of carbonyl (C=O) groups is 1. The van der Waals surface area contributed by atoms with E-state index in [-0.39, 0.29) is 23.3 Å². The first kappa shape index (κ1) is 22.2. The molecule has 0 amide bonds. The SMILES string of the molecule is BC(F)(P)Oc1ccc(-n2nc(C(=O)OCC)c(=O)c3c(SC)cc(F)cc32)cc1. The number of aromatic nitrogens is 2. The fourth-order valence-electron chi connectivity index (χ4n) is 2.86. The zero-order valence-electron chi connectivity index (χ0n) is 16.4. The van der Waals surface area contributed by atoms with Gasteiger partial charge >= 0.3 is 5.97 Å². The molecule has 1 heterocycles. The normalized spacial score (nSPS) is 13.1. The lowest BCUT2D eigenvalue weighted by atomic mass is 10.1. The van der Waals surface area contributed by atoms with Gasteiger partial charge in [-0.25, -0.2) is 18.3 Å². The lowest BCUT2D eigenvalue weighted by molar-refractivity contribution is 0.0516. The number of fused-ring (bicyclic) bond motifs is 1. The topological polar surface area (TPSA) is 70.4 Å². The Bertz CT molecular complexity index is 1170. The van der Waals surface area contributed by atoms with Crippen molar-refractivity contribution in [1.82, 2.24) is 9.78 Å². The van der Waals surface area contributed by atoms with Crippen LogP contribution >= 0.6 is 21.0 Å². The molecule has 0 bridgehead atoms. The second-order valence-electron chi connectivity index (χ2n) is 6.39. The second-order valence-corrected chi connectivity index (χ2v) is 8.27. The fourth-order valence-corrected chi connectivity index (χ4v) is 3.63. The molecule has 0 N–H and O–H groups in total. The number of hydrogen-bond donors (Lipinski definition) is 0. The Morgan fingerprint density at radius 1 is 1.33 bits per heavy atom. The van der Waals surface area contributed by atoms with Crippen LogP contribution in [0.3, 0.4) is 0 Å². The number of halogens is 2. The van der Waals surface area contributed by atoms with E-state index in [0.717, 1.165) is 0 Å². The van der Waals surface area contributed by atoms with Crippen molar-refractivity contribution in [2.75, 3.05) is 12.9 Å². The molecule has 3 rings (SSSR count). The van der Waals surface area contributed by atoms with Crippen molar-refractivity contribution in [2.24, 2.45) is 0 Å². The van der Waals surface area contributed by atoms with Gasteiger partial charge in [0.1, 0.15) is 11.6 Å². The number of rotatable bonds is 6. The number of benzene rings is 2. The molecular formula is C19H18BF2N2O4PS. The van der Waals surface area contributed by atoms with Crippen LogP contribution < -0.4 is 10.2 Å². The van der Waals surface area contributed by atoms with E-state index in [2.05, 4.69) is 5.10 Å². The lowest BCUT2D eigenvalue weighted by Gasteiger charge is -2.18. The van der Waals surface area contributed by atoms with Gasteiger partial charge in [0, 0.05) is 11.0 Å². The highest BCUT2D eigenvalue weighted by Crippen LogP contribution is 2.28. The number of thioether (sulfide) groups is 1. The van der Waals surface area contributed by atoms with Crippen LogP contribution in [0.2, 0.25) is 0 Å². The molecule has 0 fully saturated rings. The molecule has 156 valence electrons. The van der Waals surface area contributed by atoms with Crippen LogP contribution in [0.1, 0.15) is 17.4 Å². The van der Waals surface area contributed by atoms with Crippen LogP contribution in [0.5, 0.6) is 5.75 Å². The van der Waals surface area contributed by atoms with Crippen LogP contribution in [0.4, 0.5) is 8.78 Å². The molecule has 30 heavy (non-hydrogen) atoms. The first-order chi connectivity index (χ1) is 14.1. The third kappa shape index (κ3) is 4.65. The van der Waals surface area contributed by atoms with Crippen LogP contribution in [0, 0.1) is 5.82 Å². The molecule has 6 nitrogen and oxygen atoms in total. The summed E-state index contributed by atoms with van der Waals surface area (Å²) in [5.41, 5.74) is -2.39. The summed E-state index contributed by atoms with van der Waals surface area (Å²) in [5, 5.41) is 4.30. The Hall–Kier alpha value is -2.45. The molecule has 3 aromatic rings. The van der Waals surface area contributed by atoms with Crippen LogP contribution in [-0.4, -0.2) is 42.0 Å². The molecular weight excluding hydrogens is 432 g/mol. The molecule has 2 atom stereocenters. The van der Waals surface area contributed by atoms with Crippen LogP contribution in [0.25, 0.3) is 16.6 Å². The Kier molecular flexibility index (Phi) is 6.48. The van der Waals surface area contributed by atoms with E-state index in [9.17, 15) is 18.4 Å². The number of alkyl halides is 1. The molecule has 0 saturated carbocycles. The standard InChI is InChI=1S/C19H18BF2N2O4PS/c1-3-27-18(26)16-17(25)15-13(8-10(21)9-14(15)30-2)24(23-16)11-4-6-12(7-5-11)28-19(20,22)29/h4-9H,3,20,29H2,1-2H3. The minimum Gasteiger partial charge on any atom is -0.464 e. The number of esters is 1. The van der Waals surface area contributed by atoms with Crippen molar-refractivity contribution in [1.29, 1.82) is 0 Å². The highest BCUT2D eigenvalue weighted by Gasteiger charge is 2.22. The molecule has 0 aliphatic rings. The number of nitrogens with zero attached hydrogens (tertiary/aromatic N) is 2. The van der Waals surface area contributed by atoms with Gasteiger partial charge < -0.3 is 9.47 Å². The van der Waals surface area contributed by atoms with E-state index in [1.807, 2.05) is 9.24 Å². The Labute approximate surface area is 178 Å². The minimum absolute atomic E-state index is 0.0693. The Morgan fingerprint density at radius 2 is 2.00 bits per heavy atom. The van der Waals surface area contributed by atoms with Crippen molar-refractivity contribution >= 4 is 45.7 Å². The average molecular weight is 450 g/mol. The third-order valence-electron chi connectivity index (χ3n) is 4.00. The predicted octanol–water partition coefficient (Wildman–Crippen LogP) is 2.89.